The molecule has 192 valence electrons. The molecule has 0 aliphatic carbocycles. The maximum absolute atomic E-state index is 11.5. The van der Waals surface area contributed by atoms with Gasteiger partial charge in [0.15, 0.2) is 0 Å². The molecule has 1 aromatic heterocycles. The van der Waals surface area contributed by atoms with Crippen molar-refractivity contribution in [1.29, 1.82) is 0 Å². The normalized spacial score (nSPS) is 10.9. The van der Waals surface area contributed by atoms with Gasteiger partial charge in [-0.1, -0.05) is 103 Å². The highest BCUT2D eigenvalue weighted by atomic mass is 16.4. The van der Waals surface area contributed by atoms with Crippen molar-refractivity contribution in [2.45, 2.75) is 99.3 Å². The summed E-state index contributed by atoms with van der Waals surface area (Å²) in [6, 6.07) is 14.7. The molecule has 0 aliphatic heterocycles. The standard InChI is InChI=1S/C26H38N2O2.2C2H6/c1-3-5-8-16-23(26(29)30)17-11-7-12-20-28(4-2)25-24(18-13-19-27-25)21-22-14-9-6-10-15-22;2*1-2/h6,9-10,13-15,18-19,23H,3-5,7-8,11-12,16-17,20-21H2,1-2H3,(H,29,30);2*1-2H3. The van der Waals surface area contributed by atoms with Crippen LogP contribution in [0.1, 0.15) is 104 Å². The van der Waals surface area contributed by atoms with Crippen molar-refractivity contribution in [1.82, 2.24) is 4.98 Å². The fourth-order valence-electron chi connectivity index (χ4n) is 3.98. The summed E-state index contributed by atoms with van der Waals surface area (Å²) in [6.45, 7) is 14.2. The van der Waals surface area contributed by atoms with Crippen molar-refractivity contribution in [2.75, 3.05) is 18.0 Å². The van der Waals surface area contributed by atoms with Crippen LogP contribution >= 0.6 is 0 Å². The van der Waals surface area contributed by atoms with Gasteiger partial charge in [0, 0.05) is 25.7 Å². The molecule has 2 aromatic rings. The van der Waals surface area contributed by atoms with Gasteiger partial charge >= 0.3 is 5.97 Å². The van der Waals surface area contributed by atoms with Gasteiger partial charge in [-0.05, 0) is 43.4 Å². The molecule has 1 unspecified atom stereocenters. The lowest BCUT2D eigenvalue weighted by Gasteiger charge is -2.24. The summed E-state index contributed by atoms with van der Waals surface area (Å²) in [4.78, 5) is 18.5. The minimum atomic E-state index is -0.625. The summed E-state index contributed by atoms with van der Waals surface area (Å²) >= 11 is 0. The number of carboxylic acid groups (broad SMARTS) is 1. The SMILES string of the molecule is CC.CC.CCCCCC(CCCCCN(CC)c1ncccc1Cc1ccccc1)C(=O)O. The van der Waals surface area contributed by atoms with Gasteiger partial charge in [-0.15, -0.1) is 0 Å². The fraction of sp³-hybridized carbons (Fsp3) is 0.600. The summed E-state index contributed by atoms with van der Waals surface area (Å²) in [6.07, 6.45) is 10.8. The van der Waals surface area contributed by atoms with Crippen LogP contribution in [-0.4, -0.2) is 29.1 Å². The van der Waals surface area contributed by atoms with E-state index in [1.54, 1.807) is 0 Å². The van der Waals surface area contributed by atoms with Crippen molar-refractivity contribution < 1.29 is 9.90 Å². The molecule has 1 atom stereocenters. The van der Waals surface area contributed by atoms with Gasteiger partial charge in [0.2, 0.25) is 0 Å². The molecular formula is C30H50N2O2. The molecule has 0 saturated carbocycles. The van der Waals surface area contributed by atoms with Crippen LogP contribution in [0.15, 0.2) is 48.7 Å². The largest absolute Gasteiger partial charge is 0.481 e. The van der Waals surface area contributed by atoms with Crippen LogP contribution in [0.4, 0.5) is 5.82 Å². The average Bonchev–Trinajstić information content (AvgIpc) is 2.88. The smallest absolute Gasteiger partial charge is 0.306 e. The summed E-state index contributed by atoms with van der Waals surface area (Å²) in [5.41, 5.74) is 2.55. The van der Waals surface area contributed by atoms with Gasteiger partial charge in [0.1, 0.15) is 5.82 Å². The number of rotatable bonds is 15. The van der Waals surface area contributed by atoms with Crippen LogP contribution < -0.4 is 4.90 Å². The van der Waals surface area contributed by atoms with Gasteiger partial charge in [-0.3, -0.25) is 4.79 Å². The highest BCUT2D eigenvalue weighted by Crippen LogP contribution is 2.22. The average molecular weight is 471 g/mol. The highest BCUT2D eigenvalue weighted by molar-refractivity contribution is 5.69. The molecule has 0 amide bonds. The van der Waals surface area contributed by atoms with Crippen molar-refractivity contribution in [3.05, 3.63) is 59.8 Å². The predicted molar refractivity (Wildman–Crippen MR) is 148 cm³/mol. The Morgan fingerprint density at radius 1 is 0.882 bits per heavy atom. The molecule has 0 spiro atoms. The minimum Gasteiger partial charge on any atom is -0.481 e. The molecule has 4 nitrogen and oxygen atoms in total. The molecule has 0 fully saturated rings. The molecule has 34 heavy (non-hydrogen) atoms. The van der Waals surface area contributed by atoms with E-state index in [9.17, 15) is 9.90 Å². The number of aromatic nitrogens is 1. The first-order valence-electron chi connectivity index (χ1n) is 13.6. The van der Waals surface area contributed by atoms with Gasteiger partial charge in [-0.2, -0.15) is 0 Å². The monoisotopic (exact) mass is 470 g/mol. The number of carbonyl (C=O) groups is 1. The zero-order valence-corrected chi connectivity index (χ0v) is 22.7. The maximum Gasteiger partial charge on any atom is 0.306 e. The lowest BCUT2D eigenvalue weighted by molar-refractivity contribution is -0.142. The molecule has 0 bridgehead atoms. The second kappa shape index (κ2) is 21.2. The van der Waals surface area contributed by atoms with Crippen LogP contribution in [0.2, 0.25) is 0 Å². The van der Waals surface area contributed by atoms with E-state index in [0.29, 0.717) is 0 Å². The van der Waals surface area contributed by atoms with Gasteiger partial charge in [0.05, 0.1) is 5.92 Å². The van der Waals surface area contributed by atoms with Crippen LogP contribution in [0.3, 0.4) is 0 Å². The van der Waals surface area contributed by atoms with Gasteiger partial charge in [0.25, 0.3) is 0 Å². The van der Waals surface area contributed by atoms with Crippen LogP contribution in [0, 0.1) is 5.92 Å². The Morgan fingerprint density at radius 2 is 1.53 bits per heavy atom. The molecule has 4 heteroatoms. The van der Waals surface area contributed by atoms with E-state index in [4.69, 9.17) is 0 Å². The molecule has 0 aliphatic rings. The lowest BCUT2D eigenvalue weighted by atomic mass is 9.95. The van der Waals surface area contributed by atoms with Crippen LogP contribution in [0.25, 0.3) is 0 Å². The number of anilines is 1. The van der Waals surface area contributed by atoms with E-state index < -0.39 is 5.97 Å². The van der Waals surface area contributed by atoms with Crippen molar-refractivity contribution in [3.63, 3.8) is 0 Å². The van der Waals surface area contributed by atoms with Crippen LogP contribution in [0.5, 0.6) is 0 Å². The van der Waals surface area contributed by atoms with E-state index in [1.807, 2.05) is 46.0 Å². The van der Waals surface area contributed by atoms with E-state index in [-0.39, 0.29) is 5.92 Å². The highest BCUT2D eigenvalue weighted by Gasteiger charge is 2.16. The third-order valence-electron chi connectivity index (χ3n) is 5.77. The Hall–Kier alpha value is -2.36. The third-order valence-corrected chi connectivity index (χ3v) is 5.77. The lowest BCUT2D eigenvalue weighted by Crippen LogP contribution is -2.26. The van der Waals surface area contributed by atoms with Crippen LogP contribution in [-0.2, 0) is 11.2 Å². The molecular weight excluding hydrogens is 420 g/mol. The number of nitrogens with zero attached hydrogens (tertiary/aromatic N) is 2. The fourth-order valence-corrected chi connectivity index (χ4v) is 3.98. The number of unbranched alkanes of at least 4 members (excludes halogenated alkanes) is 4. The minimum absolute atomic E-state index is 0.174. The first kappa shape index (κ1) is 31.6. The number of pyridine rings is 1. The summed E-state index contributed by atoms with van der Waals surface area (Å²) in [5, 5.41) is 9.44. The quantitative estimate of drug-likeness (QED) is 0.265. The van der Waals surface area contributed by atoms with Crippen molar-refractivity contribution >= 4 is 11.8 Å². The first-order valence-corrected chi connectivity index (χ1v) is 13.6. The zero-order valence-electron chi connectivity index (χ0n) is 22.7. The molecule has 2 rings (SSSR count). The number of carboxylic acids is 1. The molecule has 1 aromatic carbocycles. The zero-order chi connectivity index (χ0) is 25.6. The molecule has 0 radical (unpaired) electrons. The molecule has 1 heterocycles. The van der Waals surface area contributed by atoms with Gasteiger partial charge in [-0.25, -0.2) is 4.98 Å². The van der Waals surface area contributed by atoms with E-state index in [0.717, 1.165) is 76.7 Å². The first-order chi connectivity index (χ1) is 16.7. The molecule has 0 saturated heterocycles. The van der Waals surface area contributed by atoms with Crippen molar-refractivity contribution in [2.24, 2.45) is 5.92 Å². The number of hydrogen-bond donors (Lipinski definition) is 1. The Bertz CT molecular complexity index is 734. The number of aliphatic carboxylic acids is 1. The third kappa shape index (κ3) is 12.8. The van der Waals surface area contributed by atoms with Gasteiger partial charge < -0.3 is 10.0 Å². The second-order valence-corrected chi connectivity index (χ2v) is 8.11. The predicted octanol–water partition coefficient (Wildman–Crippen LogP) is 8.39. The summed E-state index contributed by atoms with van der Waals surface area (Å²) < 4.78 is 0. The maximum atomic E-state index is 11.5. The van der Waals surface area contributed by atoms with E-state index in [2.05, 4.69) is 54.1 Å². The summed E-state index contributed by atoms with van der Waals surface area (Å²) in [5.74, 6) is 0.277. The van der Waals surface area contributed by atoms with Crippen molar-refractivity contribution in [3.8, 4) is 0 Å². The Balaban J connectivity index is 0.00000258. The topological polar surface area (TPSA) is 53.4 Å². The second-order valence-electron chi connectivity index (χ2n) is 8.11. The Labute approximate surface area is 209 Å². The summed E-state index contributed by atoms with van der Waals surface area (Å²) in [7, 11) is 0. The van der Waals surface area contributed by atoms with E-state index in [1.165, 1.54) is 11.1 Å². The van der Waals surface area contributed by atoms with E-state index >= 15 is 0 Å². The number of benzene rings is 1. The Kier molecular flexibility index (Phi) is 19.7. The number of hydrogen-bond acceptors (Lipinski definition) is 3. The molecule has 1 N–H and O–H groups in total. The Morgan fingerprint density at radius 3 is 2.12 bits per heavy atom.